The van der Waals surface area contributed by atoms with Crippen molar-refractivity contribution in [2.75, 3.05) is 13.2 Å². The van der Waals surface area contributed by atoms with E-state index in [-0.39, 0.29) is 5.78 Å². The van der Waals surface area contributed by atoms with Gasteiger partial charge in [-0.05, 0) is 17.9 Å². The van der Waals surface area contributed by atoms with Crippen LogP contribution in [-0.2, 0) is 4.74 Å². The topological polar surface area (TPSA) is 26.3 Å². The Kier molecular flexibility index (Phi) is 4.72. The highest BCUT2D eigenvalue weighted by molar-refractivity contribution is 7.08. The summed E-state index contributed by atoms with van der Waals surface area (Å²) in [6.07, 6.45) is 1.50. The fourth-order valence-electron chi connectivity index (χ4n) is 0.979. The van der Waals surface area contributed by atoms with Crippen LogP contribution in [0, 0.1) is 0 Å². The maximum Gasteiger partial charge on any atom is 0.166 e. The Morgan fingerprint density at radius 3 is 3.00 bits per heavy atom. The van der Waals surface area contributed by atoms with E-state index in [1.165, 1.54) is 0 Å². The van der Waals surface area contributed by atoms with Gasteiger partial charge < -0.3 is 4.74 Å². The van der Waals surface area contributed by atoms with E-state index < -0.39 is 0 Å². The van der Waals surface area contributed by atoms with Crippen molar-refractivity contribution in [2.45, 2.75) is 19.8 Å². The zero-order valence-electron chi connectivity index (χ0n) is 7.79. The third-order valence-corrected chi connectivity index (χ3v) is 2.35. The summed E-state index contributed by atoms with van der Waals surface area (Å²) in [4.78, 5) is 11.4. The molecule has 72 valence electrons. The number of carbonyl (C=O) groups excluding carboxylic acids is 1. The number of ketones is 1. The summed E-state index contributed by atoms with van der Waals surface area (Å²) in [5.41, 5.74) is 0.810. The molecule has 0 aromatic carbocycles. The van der Waals surface area contributed by atoms with Crippen molar-refractivity contribution in [1.29, 1.82) is 0 Å². The first kappa shape index (κ1) is 10.4. The minimum Gasteiger partial charge on any atom is -0.381 e. The number of hydrogen-bond donors (Lipinski definition) is 0. The monoisotopic (exact) mass is 198 g/mol. The van der Waals surface area contributed by atoms with Crippen LogP contribution in [0.1, 0.15) is 30.1 Å². The van der Waals surface area contributed by atoms with Gasteiger partial charge in [-0.15, -0.1) is 0 Å². The molecule has 0 spiro atoms. The highest BCUT2D eigenvalue weighted by Crippen LogP contribution is 2.08. The van der Waals surface area contributed by atoms with E-state index in [2.05, 4.69) is 6.92 Å². The quantitative estimate of drug-likeness (QED) is 0.519. The molecule has 2 nitrogen and oxygen atoms in total. The van der Waals surface area contributed by atoms with Crippen molar-refractivity contribution in [3.8, 4) is 0 Å². The standard InChI is InChI=1S/C10H14O2S/c1-2-5-12-6-3-10(11)9-4-7-13-8-9/h4,7-8H,2-3,5-6H2,1H3. The summed E-state index contributed by atoms with van der Waals surface area (Å²) < 4.78 is 5.23. The highest BCUT2D eigenvalue weighted by Gasteiger charge is 2.04. The van der Waals surface area contributed by atoms with Crippen LogP contribution in [0.4, 0.5) is 0 Å². The van der Waals surface area contributed by atoms with Crippen LogP contribution in [-0.4, -0.2) is 19.0 Å². The predicted octanol–water partition coefficient (Wildman–Crippen LogP) is 2.75. The van der Waals surface area contributed by atoms with Crippen molar-refractivity contribution < 1.29 is 9.53 Å². The Hall–Kier alpha value is -0.670. The lowest BCUT2D eigenvalue weighted by molar-refractivity contribution is 0.0879. The summed E-state index contributed by atoms with van der Waals surface area (Å²) in [7, 11) is 0. The molecule has 0 bridgehead atoms. The number of ether oxygens (including phenoxy) is 1. The second-order valence-electron chi connectivity index (χ2n) is 2.80. The van der Waals surface area contributed by atoms with Gasteiger partial charge in [-0.3, -0.25) is 4.79 Å². The van der Waals surface area contributed by atoms with Gasteiger partial charge in [-0.1, -0.05) is 6.92 Å². The molecule has 1 rings (SSSR count). The molecule has 0 aliphatic rings. The largest absolute Gasteiger partial charge is 0.381 e. The average molecular weight is 198 g/mol. The summed E-state index contributed by atoms with van der Waals surface area (Å²) in [6, 6.07) is 1.85. The molecule has 0 saturated carbocycles. The van der Waals surface area contributed by atoms with Crippen molar-refractivity contribution in [3.63, 3.8) is 0 Å². The van der Waals surface area contributed by atoms with Gasteiger partial charge in [-0.25, -0.2) is 0 Å². The maximum atomic E-state index is 11.4. The summed E-state index contributed by atoms with van der Waals surface area (Å²) >= 11 is 1.55. The minimum absolute atomic E-state index is 0.178. The van der Waals surface area contributed by atoms with Crippen LogP contribution in [0.15, 0.2) is 16.8 Å². The van der Waals surface area contributed by atoms with Gasteiger partial charge in [0.1, 0.15) is 0 Å². The van der Waals surface area contributed by atoms with Crippen LogP contribution in [0.2, 0.25) is 0 Å². The van der Waals surface area contributed by atoms with Gasteiger partial charge >= 0.3 is 0 Å². The van der Waals surface area contributed by atoms with Gasteiger partial charge in [0.25, 0.3) is 0 Å². The normalized spacial score (nSPS) is 10.2. The van der Waals surface area contributed by atoms with Crippen molar-refractivity contribution in [2.24, 2.45) is 0 Å². The van der Waals surface area contributed by atoms with E-state index in [0.29, 0.717) is 13.0 Å². The Labute approximate surface area is 82.5 Å². The van der Waals surface area contributed by atoms with Gasteiger partial charge in [0, 0.05) is 24.0 Å². The number of hydrogen-bond acceptors (Lipinski definition) is 3. The highest BCUT2D eigenvalue weighted by atomic mass is 32.1. The Bertz CT molecular complexity index is 241. The molecule has 3 heteroatoms. The first-order chi connectivity index (χ1) is 6.34. The Morgan fingerprint density at radius 1 is 1.54 bits per heavy atom. The minimum atomic E-state index is 0.178. The fraction of sp³-hybridized carbons (Fsp3) is 0.500. The molecule has 0 saturated heterocycles. The SMILES string of the molecule is CCCOCCC(=O)c1ccsc1. The van der Waals surface area contributed by atoms with Gasteiger partial charge in [0.2, 0.25) is 0 Å². The zero-order chi connectivity index (χ0) is 9.52. The van der Waals surface area contributed by atoms with Crippen LogP contribution in [0.3, 0.4) is 0 Å². The number of carbonyl (C=O) groups is 1. The summed E-state index contributed by atoms with van der Waals surface area (Å²) in [6.45, 7) is 3.35. The lowest BCUT2D eigenvalue weighted by Crippen LogP contribution is -2.04. The molecule has 0 radical (unpaired) electrons. The fourth-order valence-corrected chi connectivity index (χ4v) is 1.64. The van der Waals surface area contributed by atoms with Crippen molar-refractivity contribution in [1.82, 2.24) is 0 Å². The number of rotatable bonds is 6. The van der Waals surface area contributed by atoms with Gasteiger partial charge in [0.15, 0.2) is 5.78 Å². The third-order valence-electron chi connectivity index (χ3n) is 1.67. The molecule has 1 aromatic rings. The first-order valence-corrected chi connectivity index (χ1v) is 5.42. The lowest BCUT2D eigenvalue weighted by atomic mass is 10.2. The number of thiophene rings is 1. The van der Waals surface area contributed by atoms with Gasteiger partial charge in [-0.2, -0.15) is 11.3 Å². The zero-order valence-corrected chi connectivity index (χ0v) is 8.60. The van der Waals surface area contributed by atoms with Crippen molar-refractivity contribution >= 4 is 17.1 Å². The average Bonchev–Trinajstić information content (AvgIpc) is 2.65. The lowest BCUT2D eigenvalue weighted by Gasteiger charge is -2.00. The van der Waals surface area contributed by atoms with E-state index in [4.69, 9.17) is 4.74 Å². The molecular weight excluding hydrogens is 184 g/mol. The van der Waals surface area contributed by atoms with Crippen molar-refractivity contribution in [3.05, 3.63) is 22.4 Å². The Morgan fingerprint density at radius 2 is 2.38 bits per heavy atom. The smallest absolute Gasteiger partial charge is 0.166 e. The second-order valence-corrected chi connectivity index (χ2v) is 3.58. The molecule has 1 heterocycles. The summed E-state index contributed by atoms with van der Waals surface area (Å²) in [5, 5.41) is 3.79. The van der Waals surface area contributed by atoms with E-state index in [1.54, 1.807) is 11.3 Å². The van der Waals surface area contributed by atoms with Gasteiger partial charge in [0.05, 0.1) is 6.61 Å². The molecule has 0 unspecified atom stereocenters. The van der Waals surface area contributed by atoms with E-state index in [0.717, 1.165) is 18.6 Å². The molecule has 0 atom stereocenters. The second kappa shape index (κ2) is 5.89. The molecule has 0 fully saturated rings. The first-order valence-electron chi connectivity index (χ1n) is 4.47. The molecule has 0 amide bonds. The van der Waals surface area contributed by atoms with Crippen LogP contribution in [0.25, 0.3) is 0 Å². The summed E-state index contributed by atoms with van der Waals surface area (Å²) in [5.74, 6) is 0.178. The molecule has 13 heavy (non-hydrogen) atoms. The third kappa shape index (κ3) is 3.70. The molecule has 1 aromatic heterocycles. The predicted molar refractivity (Wildman–Crippen MR) is 54.4 cm³/mol. The molecule has 0 aliphatic carbocycles. The molecule has 0 aliphatic heterocycles. The molecular formula is C10H14O2S. The van der Waals surface area contributed by atoms with E-state index in [1.807, 2.05) is 16.8 Å². The van der Waals surface area contributed by atoms with Crippen LogP contribution < -0.4 is 0 Å². The van der Waals surface area contributed by atoms with E-state index >= 15 is 0 Å². The van der Waals surface area contributed by atoms with E-state index in [9.17, 15) is 4.79 Å². The van der Waals surface area contributed by atoms with Crippen LogP contribution in [0.5, 0.6) is 0 Å². The number of Topliss-reactive ketones (excluding diaryl/α,β-unsaturated/α-hetero) is 1. The Balaban J connectivity index is 2.19. The molecule has 0 N–H and O–H groups in total. The maximum absolute atomic E-state index is 11.4. The van der Waals surface area contributed by atoms with Crippen LogP contribution >= 0.6 is 11.3 Å².